The highest BCUT2D eigenvalue weighted by Gasteiger charge is 2.36. The largest absolute Gasteiger partial charge is 0.490 e. The number of benzene rings is 2. The van der Waals surface area contributed by atoms with Gasteiger partial charge in [0.15, 0.2) is 5.75 Å². The summed E-state index contributed by atoms with van der Waals surface area (Å²) in [5.41, 5.74) is 2.65. The van der Waals surface area contributed by atoms with Crippen LogP contribution >= 0.6 is 23.2 Å². The molecule has 4 rings (SSSR count). The Labute approximate surface area is 237 Å². The maximum Gasteiger partial charge on any atom is 0.404 e. The number of pyridine rings is 1. The number of hydrogen-bond donors (Lipinski definition) is 2. The molecule has 0 bridgehead atoms. The average Bonchev–Trinajstić information content (AvgIpc) is 3.75. The van der Waals surface area contributed by atoms with E-state index in [4.69, 9.17) is 32.7 Å². The number of nitrogens with zero attached hydrogens (tertiary/aromatic N) is 2. The molecule has 2 amide bonds. The minimum absolute atomic E-state index is 0.0271. The van der Waals surface area contributed by atoms with Crippen LogP contribution in [0.3, 0.4) is 0 Å². The van der Waals surface area contributed by atoms with Gasteiger partial charge in [0.05, 0.1) is 28.2 Å². The third-order valence-corrected chi connectivity index (χ3v) is 6.89. The summed E-state index contributed by atoms with van der Waals surface area (Å²) in [6, 6.07) is 16.8. The second-order valence-electron chi connectivity index (χ2n) is 9.50. The Bertz CT molecular complexity index is 1250. The first-order valence-corrected chi connectivity index (χ1v) is 13.5. The molecule has 1 aromatic heterocycles. The standard InChI is InChI=1S/C29H31Cl2N3O5/c1-19-14-25(30)27(26(31)15-19)39-13-12-38-24-9-5-20(6-10-24)16-21(17-33-29(36)37)28(35)34(23-7-8-23)18-22-4-2-3-11-32-22/h2-6,9-11,14-15,21,23,33H,7-8,12-13,16-18H2,1H3,(H,36,37). The van der Waals surface area contributed by atoms with Crippen LogP contribution in [0.15, 0.2) is 60.8 Å². The van der Waals surface area contributed by atoms with Crippen molar-refractivity contribution in [1.82, 2.24) is 15.2 Å². The van der Waals surface area contributed by atoms with E-state index in [0.717, 1.165) is 29.7 Å². The first kappa shape index (κ1) is 28.5. The van der Waals surface area contributed by atoms with Crippen LogP contribution in [0.1, 0.15) is 29.7 Å². The normalized spacial score (nSPS) is 13.4. The number of rotatable bonds is 13. The SMILES string of the molecule is Cc1cc(Cl)c(OCCOc2ccc(CC(CNC(=O)O)C(=O)N(Cc3ccccn3)C3CC3)cc2)c(Cl)c1. The number of hydrogen-bond acceptors (Lipinski definition) is 5. The Hall–Kier alpha value is -3.49. The van der Waals surface area contributed by atoms with E-state index in [2.05, 4.69) is 10.3 Å². The molecule has 1 atom stereocenters. The molecular weight excluding hydrogens is 541 g/mol. The fraction of sp³-hybridized carbons (Fsp3) is 0.345. The fourth-order valence-electron chi connectivity index (χ4n) is 4.27. The Morgan fingerprint density at radius 3 is 2.38 bits per heavy atom. The predicted molar refractivity (Wildman–Crippen MR) is 150 cm³/mol. The number of aryl methyl sites for hydroxylation is 1. The van der Waals surface area contributed by atoms with Gasteiger partial charge in [-0.3, -0.25) is 9.78 Å². The van der Waals surface area contributed by atoms with Crippen molar-refractivity contribution in [3.05, 3.63) is 87.7 Å². The molecule has 206 valence electrons. The van der Waals surface area contributed by atoms with Gasteiger partial charge in [-0.15, -0.1) is 0 Å². The van der Waals surface area contributed by atoms with Crippen LogP contribution in [0.5, 0.6) is 11.5 Å². The molecular formula is C29H31Cl2N3O5. The highest BCUT2D eigenvalue weighted by molar-refractivity contribution is 6.37. The summed E-state index contributed by atoms with van der Waals surface area (Å²) in [6.07, 6.45) is 2.82. The number of nitrogens with one attached hydrogen (secondary N) is 1. The molecule has 10 heteroatoms. The molecule has 1 aliphatic rings. The lowest BCUT2D eigenvalue weighted by Gasteiger charge is -2.27. The Morgan fingerprint density at radius 1 is 1.08 bits per heavy atom. The van der Waals surface area contributed by atoms with E-state index in [1.165, 1.54) is 0 Å². The van der Waals surface area contributed by atoms with E-state index >= 15 is 0 Å². The molecule has 1 unspecified atom stereocenters. The number of amides is 2. The molecule has 1 aliphatic carbocycles. The summed E-state index contributed by atoms with van der Waals surface area (Å²) in [5, 5.41) is 12.5. The van der Waals surface area contributed by atoms with Gasteiger partial charge >= 0.3 is 6.09 Å². The molecule has 2 N–H and O–H groups in total. The highest BCUT2D eigenvalue weighted by atomic mass is 35.5. The van der Waals surface area contributed by atoms with Crippen molar-refractivity contribution in [2.45, 2.75) is 38.8 Å². The van der Waals surface area contributed by atoms with Crippen molar-refractivity contribution in [2.24, 2.45) is 5.92 Å². The average molecular weight is 572 g/mol. The van der Waals surface area contributed by atoms with Crippen LogP contribution in [0, 0.1) is 12.8 Å². The lowest BCUT2D eigenvalue weighted by Crippen LogP contribution is -2.43. The van der Waals surface area contributed by atoms with Gasteiger partial charge in [0.2, 0.25) is 5.91 Å². The lowest BCUT2D eigenvalue weighted by atomic mass is 9.97. The van der Waals surface area contributed by atoms with Crippen molar-refractivity contribution < 1.29 is 24.2 Å². The summed E-state index contributed by atoms with van der Waals surface area (Å²) in [7, 11) is 0. The van der Waals surface area contributed by atoms with Crippen molar-refractivity contribution in [2.75, 3.05) is 19.8 Å². The number of ether oxygens (including phenoxy) is 2. The molecule has 39 heavy (non-hydrogen) atoms. The summed E-state index contributed by atoms with van der Waals surface area (Å²) in [4.78, 5) is 31.0. The second kappa shape index (κ2) is 13.5. The fourth-order valence-corrected chi connectivity index (χ4v) is 4.97. The van der Waals surface area contributed by atoms with Crippen LogP contribution < -0.4 is 14.8 Å². The Balaban J connectivity index is 1.34. The molecule has 3 aromatic rings. The highest BCUT2D eigenvalue weighted by Crippen LogP contribution is 2.34. The second-order valence-corrected chi connectivity index (χ2v) is 10.3. The minimum atomic E-state index is -1.16. The summed E-state index contributed by atoms with van der Waals surface area (Å²) in [6.45, 7) is 2.88. The minimum Gasteiger partial charge on any atom is -0.490 e. The summed E-state index contributed by atoms with van der Waals surface area (Å²) in [5.74, 6) is 0.444. The maximum absolute atomic E-state index is 13.6. The van der Waals surface area contributed by atoms with Crippen LogP contribution in [-0.2, 0) is 17.8 Å². The monoisotopic (exact) mass is 571 g/mol. The quantitative estimate of drug-likeness (QED) is 0.252. The van der Waals surface area contributed by atoms with E-state index in [1.807, 2.05) is 54.3 Å². The van der Waals surface area contributed by atoms with Gasteiger partial charge in [-0.05, 0) is 73.7 Å². The third kappa shape index (κ3) is 8.50. The van der Waals surface area contributed by atoms with Gasteiger partial charge in [-0.1, -0.05) is 41.4 Å². The molecule has 1 fully saturated rings. The molecule has 0 saturated heterocycles. The van der Waals surface area contributed by atoms with Crippen LogP contribution in [0.25, 0.3) is 0 Å². The number of halogens is 2. The molecule has 8 nitrogen and oxygen atoms in total. The van der Waals surface area contributed by atoms with E-state index in [1.54, 1.807) is 18.3 Å². The lowest BCUT2D eigenvalue weighted by molar-refractivity contribution is -0.136. The molecule has 0 aliphatic heterocycles. The van der Waals surface area contributed by atoms with Gasteiger partial charge in [0.1, 0.15) is 19.0 Å². The van der Waals surface area contributed by atoms with Gasteiger partial charge in [0.25, 0.3) is 0 Å². The molecule has 2 aromatic carbocycles. The molecule has 1 heterocycles. The van der Waals surface area contributed by atoms with E-state index in [9.17, 15) is 14.7 Å². The predicted octanol–water partition coefficient (Wildman–Crippen LogP) is 5.77. The van der Waals surface area contributed by atoms with Crippen LogP contribution in [0.4, 0.5) is 4.79 Å². The summed E-state index contributed by atoms with van der Waals surface area (Å²) < 4.78 is 11.5. The number of aromatic nitrogens is 1. The number of carbonyl (C=O) groups is 2. The topological polar surface area (TPSA) is 101 Å². The van der Waals surface area contributed by atoms with Crippen LogP contribution in [0.2, 0.25) is 10.0 Å². The first-order chi connectivity index (χ1) is 18.8. The van der Waals surface area contributed by atoms with Gasteiger partial charge in [-0.2, -0.15) is 0 Å². The van der Waals surface area contributed by atoms with Gasteiger partial charge < -0.3 is 24.8 Å². The smallest absolute Gasteiger partial charge is 0.404 e. The summed E-state index contributed by atoms with van der Waals surface area (Å²) >= 11 is 12.4. The van der Waals surface area contributed by atoms with E-state index < -0.39 is 12.0 Å². The Kier molecular flexibility index (Phi) is 9.90. The zero-order chi connectivity index (χ0) is 27.8. The van der Waals surface area contributed by atoms with E-state index in [-0.39, 0.29) is 31.7 Å². The molecule has 0 radical (unpaired) electrons. The van der Waals surface area contributed by atoms with Crippen molar-refractivity contribution in [1.29, 1.82) is 0 Å². The molecule has 0 spiro atoms. The maximum atomic E-state index is 13.6. The number of carbonyl (C=O) groups excluding carboxylic acids is 1. The Morgan fingerprint density at radius 2 is 1.77 bits per heavy atom. The van der Waals surface area contributed by atoms with Crippen LogP contribution in [-0.4, -0.2) is 52.8 Å². The molecule has 1 saturated carbocycles. The first-order valence-electron chi connectivity index (χ1n) is 12.8. The van der Waals surface area contributed by atoms with E-state index in [0.29, 0.717) is 34.5 Å². The van der Waals surface area contributed by atoms with Crippen molar-refractivity contribution in [3.8, 4) is 11.5 Å². The third-order valence-electron chi connectivity index (χ3n) is 6.32. The zero-order valence-electron chi connectivity index (χ0n) is 21.6. The van der Waals surface area contributed by atoms with Crippen molar-refractivity contribution >= 4 is 35.2 Å². The number of carboxylic acid groups (broad SMARTS) is 1. The van der Waals surface area contributed by atoms with Gasteiger partial charge in [0, 0.05) is 18.8 Å². The van der Waals surface area contributed by atoms with Gasteiger partial charge in [-0.25, -0.2) is 4.79 Å². The zero-order valence-corrected chi connectivity index (χ0v) is 23.1. The van der Waals surface area contributed by atoms with Crippen molar-refractivity contribution in [3.63, 3.8) is 0 Å².